The smallest absolute Gasteiger partial charge is 0.356 e. The third-order valence-electron chi connectivity index (χ3n) is 4.00. The second-order valence-electron chi connectivity index (χ2n) is 5.42. The Labute approximate surface area is 112 Å². The summed E-state index contributed by atoms with van der Waals surface area (Å²) in [4.78, 5) is 17.4. The van der Waals surface area contributed by atoms with E-state index in [4.69, 9.17) is 9.84 Å². The molecule has 1 saturated carbocycles. The van der Waals surface area contributed by atoms with Crippen molar-refractivity contribution in [3.8, 4) is 0 Å². The van der Waals surface area contributed by atoms with Crippen LogP contribution >= 0.6 is 0 Å². The molecular weight excluding hydrogens is 246 g/mol. The maximum absolute atomic E-state index is 11.0. The molecule has 104 valence electrons. The number of hydrogen-bond donors (Lipinski definition) is 1. The van der Waals surface area contributed by atoms with Gasteiger partial charge in [-0.25, -0.2) is 9.78 Å². The topological polar surface area (TPSA) is 67.6 Å². The van der Waals surface area contributed by atoms with E-state index in [-0.39, 0.29) is 5.69 Å². The van der Waals surface area contributed by atoms with E-state index in [1.807, 2.05) is 4.57 Å². The number of carboxylic acid groups (broad SMARTS) is 1. The number of rotatable bonds is 5. The minimum absolute atomic E-state index is 0.133. The van der Waals surface area contributed by atoms with E-state index >= 15 is 0 Å². The summed E-state index contributed by atoms with van der Waals surface area (Å²) in [6, 6.07) is 0. The number of anilines is 1. The third-order valence-corrected chi connectivity index (χ3v) is 4.00. The highest BCUT2D eigenvalue weighted by molar-refractivity contribution is 5.85. The molecule has 0 amide bonds. The Kier molecular flexibility index (Phi) is 3.18. The Morgan fingerprint density at radius 2 is 2.26 bits per heavy atom. The summed E-state index contributed by atoms with van der Waals surface area (Å²) >= 11 is 0. The normalized spacial score (nSPS) is 22.4. The molecule has 0 bridgehead atoms. The van der Waals surface area contributed by atoms with Crippen LogP contribution in [0, 0.1) is 11.8 Å². The summed E-state index contributed by atoms with van der Waals surface area (Å²) in [6.45, 7) is 3.25. The van der Waals surface area contributed by atoms with E-state index in [1.165, 1.54) is 12.8 Å². The molecule has 1 aromatic heterocycles. The van der Waals surface area contributed by atoms with Crippen molar-refractivity contribution >= 4 is 11.9 Å². The van der Waals surface area contributed by atoms with Crippen LogP contribution in [0.5, 0.6) is 0 Å². The number of fused-ring (bicyclic) bond motifs is 1. The number of nitrogens with zero attached hydrogens (tertiary/aromatic N) is 3. The predicted molar refractivity (Wildman–Crippen MR) is 69.5 cm³/mol. The minimum Gasteiger partial charge on any atom is -0.476 e. The van der Waals surface area contributed by atoms with Gasteiger partial charge >= 0.3 is 5.97 Å². The van der Waals surface area contributed by atoms with Crippen LogP contribution < -0.4 is 4.90 Å². The maximum Gasteiger partial charge on any atom is 0.356 e. The second kappa shape index (κ2) is 4.85. The molecule has 6 heteroatoms. The first-order valence-corrected chi connectivity index (χ1v) is 6.73. The summed E-state index contributed by atoms with van der Waals surface area (Å²) in [5, 5.41) is 9.06. The lowest BCUT2D eigenvalue weighted by molar-refractivity contribution is 0.0691. The molecule has 1 aliphatic carbocycles. The molecule has 3 rings (SSSR count). The highest BCUT2D eigenvalue weighted by atomic mass is 16.5. The van der Waals surface area contributed by atoms with Crippen molar-refractivity contribution in [2.24, 2.45) is 11.8 Å². The molecule has 1 aliphatic heterocycles. The van der Waals surface area contributed by atoms with Crippen molar-refractivity contribution < 1.29 is 14.6 Å². The Hall–Kier alpha value is -1.56. The lowest BCUT2D eigenvalue weighted by Crippen LogP contribution is -2.40. The molecule has 0 spiro atoms. The number of imidazole rings is 1. The summed E-state index contributed by atoms with van der Waals surface area (Å²) in [6.07, 6.45) is 4.27. The van der Waals surface area contributed by atoms with Gasteiger partial charge in [0.05, 0.1) is 6.61 Å². The van der Waals surface area contributed by atoms with E-state index in [1.54, 1.807) is 13.3 Å². The zero-order valence-corrected chi connectivity index (χ0v) is 11.1. The van der Waals surface area contributed by atoms with Crippen LogP contribution in [0.3, 0.4) is 0 Å². The maximum atomic E-state index is 11.0. The van der Waals surface area contributed by atoms with E-state index in [2.05, 4.69) is 9.88 Å². The molecule has 0 radical (unpaired) electrons. The quantitative estimate of drug-likeness (QED) is 0.862. The molecule has 6 nitrogen and oxygen atoms in total. The van der Waals surface area contributed by atoms with Gasteiger partial charge in [0.1, 0.15) is 0 Å². The largest absolute Gasteiger partial charge is 0.476 e. The highest BCUT2D eigenvalue weighted by Gasteiger charge is 2.37. The number of aromatic carboxylic acids is 1. The third kappa shape index (κ3) is 2.45. The number of ether oxygens (including phenoxy) is 1. The standard InChI is InChI=1S/C13H19N3O3/c1-19-5-4-15-6-10(9-2-3-9)7-16-8-11(12(17)18)14-13(15)16/h8-10H,2-7H2,1H3,(H,17,18). The van der Waals surface area contributed by atoms with Crippen LogP contribution in [-0.4, -0.2) is 47.4 Å². The number of carboxylic acids is 1. The molecule has 1 unspecified atom stereocenters. The number of methoxy groups -OCH3 is 1. The van der Waals surface area contributed by atoms with Gasteiger partial charge in [-0.2, -0.15) is 0 Å². The first-order valence-electron chi connectivity index (χ1n) is 6.73. The van der Waals surface area contributed by atoms with Crippen molar-refractivity contribution in [3.05, 3.63) is 11.9 Å². The van der Waals surface area contributed by atoms with Crippen molar-refractivity contribution in [3.63, 3.8) is 0 Å². The predicted octanol–water partition coefficient (Wildman–Crippen LogP) is 1.07. The SMILES string of the molecule is COCCN1CC(C2CC2)Cn2cc(C(=O)O)nc21. The molecule has 0 aromatic carbocycles. The highest BCUT2D eigenvalue weighted by Crippen LogP contribution is 2.40. The van der Waals surface area contributed by atoms with Crippen molar-refractivity contribution in [1.29, 1.82) is 0 Å². The fourth-order valence-corrected chi connectivity index (χ4v) is 2.83. The lowest BCUT2D eigenvalue weighted by Gasteiger charge is -2.34. The molecule has 1 N–H and O–H groups in total. The van der Waals surface area contributed by atoms with Crippen molar-refractivity contribution in [1.82, 2.24) is 9.55 Å². The van der Waals surface area contributed by atoms with Crippen LogP contribution in [0.1, 0.15) is 23.3 Å². The van der Waals surface area contributed by atoms with E-state index in [0.717, 1.165) is 31.5 Å². The Balaban J connectivity index is 1.85. The lowest BCUT2D eigenvalue weighted by atomic mass is 10.0. The molecule has 0 saturated heterocycles. The second-order valence-corrected chi connectivity index (χ2v) is 5.42. The van der Waals surface area contributed by atoms with Gasteiger partial charge in [-0.15, -0.1) is 0 Å². The summed E-state index contributed by atoms with van der Waals surface area (Å²) in [5.74, 6) is 1.22. The molecule has 1 aromatic rings. The Bertz CT molecular complexity index is 481. The van der Waals surface area contributed by atoms with Gasteiger partial charge in [-0.3, -0.25) is 0 Å². The fourth-order valence-electron chi connectivity index (χ4n) is 2.83. The van der Waals surface area contributed by atoms with Gasteiger partial charge in [0.25, 0.3) is 0 Å². The van der Waals surface area contributed by atoms with E-state index in [9.17, 15) is 4.79 Å². The van der Waals surface area contributed by atoms with Crippen LogP contribution in [0.2, 0.25) is 0 Å². The van der Waals surface area contributed by atoms with Crippen LogP contribution in [0.4, 0.5) is 5.95 Å². The summed E-state index contributed by atoms with van der Waals surface area (Å²) in [5.41, 5.74) is 0.133. The van der Waals surface area contributed by atoms with Gasteiger partial charge < -0.3 is 19.3 Å². The van der Waals surface area contributed by atoms with Crippen molar-refractivity contribution in [2.75, 3.05) is 31.7 Å². The zero-order chi connectivity index (χ0) is 13.4. The first-order chi connectivity index (χ1) is 9.19. The van der Waals surface area contributed by atoms with Gasteiger partial charge in [0.2, 0.25) is 5.95 Å². The number of aromatic nitrogens is 2. The average Bonchev–Trinajstić information content (AvgIpc) is 3.14. The van der Waals surface area contributed by atoms with Crippen LogP contribution in [-0.2, 0) is 11.3 Å². The Morgan fingerprint density at radius 3 is 2.89 bits per heavy atom. The number of carbonyl (C=O) groups is 1. The van der Waals surface area contributed by atoms with Gasteiger partial charge in [-0.05, 0) is 24.7 Å². The molecule has 1 atom stereocenters. The monoisotopic (exact) mass is 265 g/mol. The Morgan fingerprint density at radius 1 is 1.47 bits per heavy atom. The van der Waals surface area contributed by atoms with Gasteiger partial charge in [0.15, 0.2) is 5.69 Å². The molecule has 2 aliphatic rings. The summed E-state index contributed by atoms with van der Waals surface area (Å²) in [7, 11) is 1.68. The fraction of sp³-hybridized carbons (Fsp3) is 0.692. The van der Waals surface area contributed by atoms with Gasteiger partial charge in [-0.1, -0.05) is 0 Å². The van der Waals surface area contributed by atoms with Crippen LogP contribution in [0.25, 0.3) is 0 Å². The van der Waals surface area contributed by atoms with E-state index in [0.29, 0.717) is 12.5 Å². The van der Waals surface area contributed by atoms with Crippen LogP contribution in [0.15, 0.2) is 6.20 Å². The molecular formula is C13H19N3O3. The molecule has 19 heavy (non-hydrogen) atoms. The first kappa shape index (κ1) is 12.5. The van der Waals surface area contributed by atoms with Gasteiger partial charge in [0, 0.05) is 32.9 Å². The van der Waals surface area contributed by atoms with Crippen molar-refractivity contribution in [2.45, 2.75) is 19.4 Å². The van der Waals surface area contributed by atoms with E-state index < -0.39 is 5.97 Å². The average molecular weight is 265 g/mol. The summed E-state index contributed by atoms with van der Waals surface area (Å²) < 4.78 is 7.12. The number of hydrogen-bond acceptors (Lipinski definition) is 4. The molecule has 2 heterocycles. The minimum atomic E-state index is -0.962. The molecule has 1 fully saturated rings. The zero-order valence-electron chi connectivity index (χ0n) is 11.1.